The van der Waals surface area contributed by atoms with Crippen molar-refractivity contribution in [2.75, 3.05) is 5.32 Å². The van der Waals surface area contributed by atoms with Crippen LogP contribution in [0.3, 0.4) is 0 Å². The standard InChI is InChI=1S/C20H14ClN5O/c21-16-7-8-18(26-13-22-12-24-26)17(11-16)25-19(27)9-6-15-4-1-3-14-5-2-10-23-20(14)15/h1-13H,(H,25,27)/b9-6+. The number of halogens is 1. The predicted molar refractivity (Wildman–Crippen MR) is 106 cm³/mol. The van der Waals surface area contributed by atoms with Crippen LogP contribution in [0.5, 0.6) is 0 Å². The van der Waals surface area contributed by atoms with Crippen LogP contribution in [-0.4, -0.2) is 25.7 Å². The Hall–Kier alpha value is -3.51. The first-order chi connectivity index (χ1) is 13.2. The van der Waals surface area contributed by atoms with Crippen molar-refractivity contribution in [3.8, 4) is 5.69 Å². The van der Waals surface area contributed by atoms with Crippen molar-refractivity contribution in [2.45, 2.75) is 0 Å². The van der Waals surface area contributed by atoms with Crippen LogP contribution < -0.4 is 5.32 Å². The first-order valence-electron chi connectivity index (χ1n) is 8.18. The van der Waals surface area contributed by atoms with E-state index >= 15 is 0 Å². The summed E-state index contributed by atoms with van der Waals surface area (Å²) in [6, 6.07) is 14.9. The Bertz CT molecular complexity index is 1130. The number of amides is 1. The van der Waals surface area contributed by atoms with Gasteiger partial charge in [0.15, 0.2) is 0 Å². The second-order valence-electron chi connectivity index (χ2n) is 5.75. The van der Waals surface area contributed by atoms with Gasteiger partial charge in [0, 0.05) is 28.2 Å². The lowest BCUT2D eigenvalue weighted by molar-refractivity contribution is -0.111. The van der Waals surface area contributed by atoms with Crippen molar-refractivity contribution in [2.24, 2.45) is 0 Å². The van der Waals surface area contributed by atoms with E-state index in [2.05, 4.69) is 20.4 Å². The highest BCUT2D eigenvalue weighted by atomic mass is 35.5. The predicted octanol–water partition coefficient (Wildman–Crippen LogP) is 4.12. The molecule has 27 heavy (non-hydrogen) atoms. The van der Waals surface area contributed by atoms with E-state index in [-0.39, 0.29) is 5.91 Å². The maximum Gasteiger partial charge on any atom is 0.248 e. The van der Waals surface area contributed by atoms with Gasteiger partial charge in [-0.05, 0) is 30.3 Å². The zero-order chi connectivity index (χ0) is 18.6. The molecule has 0 bridgehead atoms. The SMILES string of the molecule is O=C(/C=C/c1cccc2cccnc12)Nc1cc(Cl)ccc1-n1cncn1. The number of hydrogen-bond acceptors (Lipinski definition) is 4. The van der Waals surface area contributed by atoms with Crippen molar-refractivity contribution >= 4 is 40.2 Å². The molecular weight excluding hydrogens is 362 g/mol. The van der Waals surface area contributed by atoms with E-state index in [1.807, 2.05) is 30.3 Å². The molecule has 6 nitrogen and oxygen atoms in total. The summed E-state index contributed by atoms with van der Waals surface area (Å²) in [7, 11) is 0. The number of para-hydroxylation sites is 1. The van der Waals surface area contributed by atoms with Gasteiger partial charge in [0.2, 0.25) is 5.91 Å². The lowest BCUT2D eigenvalue weighted by atomic mass is 10.1. The fraction of sp³-hybridized carbons (Fsp3) is 0. The molecule has 1 amide bonds. The van der Waals surface area contributed by atoms with Gasteiger partial charge < -0.3 is 5.32 Å². The lowest BCUT2D eigenvalue weighted by Crippen LogP contribution is -2.11. The van der Waals surface area contributed by atoms with Crippen LogP contribution >= 0.6 is 11.6 Å². The molecule has 4 rings (SSSR count). The van der Waals surface area contributed by atoms with Gasteiger partial charge >= 0.3 is 0 Å². The maximum atomic E-state index is 12.4. The van der Waals surface area contributed by atoms with Crippen LogP contribution in [0.4, 0.5) is 5.69 Å². The molecule has 7 heteroatoms. The number of rotatable bonds is 4. The summed E-state index contributed by atoms with van der Waals surface area (Å²) >= 11 is 6.08. The molecule has 0 fully saturated rings. The average Bonchev–Trinajstić information content (AvgIpc) is 3.21. The Morgan fingerprint density at radius 1 is 1.15 bits per heavy atom. The van der Waals surface area contributed by atoms with Crippen LogP contribution in [0.15, 0.2) is 73.5 Å². The van der Waals surface area contributed by atoms with E-state index in [1.54, 1.807) is 41.5 Å². The number of anilines is 1. The first kappa shape index (κ1) is 16.9. The van der Waals surface area contributed by atoms with Gasteiger partial charge in [-0.25, -0.2) is 9.67 Å². The minimum atomic E-state index is -0.286. The fourth-order valence-corrected chi connectivity index (χ4v) is 2.92. The second-order valence-corrected chi connectivity index (χ2v) is 6.18. The molecule has 4 aromatic rings. The summed E-state index contributed by atoms with van der Waals surface area (Å²) < 4.78 is 1.56. The summed E-state index contributed by atoms with van der Waals surface area (Å²) in [4.78, 5) is 20.8. The molecule has 2 aromatic carbocycles. The number of aromatic nitrogens is 4. The minimum Gasteiger partial charge on any atom is -0.321 e. The van der Waals surface area contributed by atoms with E-state index < -0.39 is 0 Å². The molecule has 0 aliphatic rings. The molecule has 0 saturated heterocycles. The van der Waals surface area contributed by atoms with Crippen LogP contribution in [-0.2, 0) is 4.79 Å². The van der Waals surface area contributed by atoms with Gasteiger partial charge in [-0.3, -0.25) is 9.78 Å². The van der Waals surface area contributed by atoms with E-state index in [9.17, 15) is 4.79 Å². The molecule has 1 N–H and O–H groups in total. The topological polar surface area (TPSA) is 72.7 Å². The third-order valence-corrected chi connectivity index (χ3v) is 4.20. The van der Waals surface area contributed by atoms with Crippen LogP contribution in [0, 0.1) is 0 Å². The highest BCUT2D eigenvalue weighted by Crippen LogP contribution is 2.24. The van der Waals surface area contributed by atoms with Gasteiger partial charge in [-0.2, -0.15) is 5.10 Å². The third-order valence-electron chi connectivity index (χ3n) is 3.96. The molecule has 132 valence electrons. The Morgan fingerprint density at radius 2 is 2.04 bits per heavy atom. The van der Waals surface area contributed by atoms with E-state index in [0.29, 0.717) is 16.4 Å². The van der Waals surface area contributed by atoms with Crippen molar-refractivity contribution < 1.29 is 4.79 Å². The maximum absolute atomic E-state index is 12.4. The fourth-order valence-electron chi connectivity index (χ4n) is 2.74. The first-order valence-corrected chi connectivity index (χ1v) is 8.56. The summed E-state index contributed by atoms with van der Waals surface area (Å²) in [6.07, 6.45) is 7.92. The highest BCUT2D eigenvalue weighted by molar-refractivity contribution is 6.31. The molecule has 0 spiro atoms. The number of carbonyl (C=O) groups is 1. The van der Waals surface area contributed by atoms with Crippen molar-refractivity contribution in [3.63, 3.8) is 0 Å². The van der Waals surface area contributed by atoms with Gasteiger partial charge in [0.05, 0.1) is 16.9 Å². The number of hydrogen-bond donors (Lipinski definition) is 1. The highest BCUT2D eigenvalue weighted by Gasteiger charge is 2.09. The quantitative estimate of drug-likeness (QED) is 0.544. The largest absolute Gasteiger partial charge is 0.321 e. The molecule has 0 aliphatic carbocycles. The monoisotopic (exact) mass is 375 g/mol. The summed E-state index contributed by atoms with van der Waals surface area (Å²) in [5, 5.41) is 8.46. The van der Waals surface area contributed by atoms with Crippen molar-refractivity contribution in [3.05, 3.63) is 84.0 Å². The molecule has 0 atom stereocenters. The van der Waals surface area contributed by atoms with Crippen molar-refractivity contribution in [1.82, 2.24) is 19.7 Å². The molecule has 0 aliphatic heterocycles. The second kappa shape index (κ2) is 7.39. The molecule has 2 aromatic heterocycles. The van der Waals surface area contributed by atoms with Crippen LogP contribution in [0.1, 0.15) is 5.56 Å². The summed E-state index contributed by atoms with van der Waals surface area (Å²) in [6.45, 7) is 0. The molecule has 0 unspecified atom stereocenters. The van der Waals surface area contributed by atoms with Gasteiger partial charge in [0.25, 0.3) is 0 Å². The summed E-state index contributed by atoms with van der Waals surface area (Å²) in [5.74, 6) is -0.286. The van der Waals surface area contributed by atoms with Gasteiger partial charge in [-0.15, -0.1) is 0 Å². The normalized spacial score (nSPS) is 11.1. The average molecular weight is 376 g/mol. The zero-order valence-electron chi connectivity index (χ0n) is 14.1. The number of fused-ring (bicyclic) bond motifs is 1. The summed E-state index contributed by atoms with van der Waals surface area (Å²) in [5.41, 5.74) is 2.92. The lowest BCUT2D eigenvalue weighted by Gasteiger charge is -2.10. The molecule has 2 heterocycles. The third kappa shape index (κ3) is 3.70. The number of pyridine rings is 1. The van der Waals surface area contributed by atoms with Gasteiger partial charge in [0.1, 0.15) is 12.7 Å². The number of nitrogens with zero attached hydrogens (tertiary/aromatic N) is 4. The Morgan fingerprint density at radius 3 is 2.89 bits per heavy atom. The Kier molecular flexibility index (Phi) is 4.63. The van der Waals surface area contributed by atoms with Crippen LogP contribution in [0.2, 0.25) is 5.02 Å². The van der Waals surface area contributed by atoms with E-state index in [1.165, 1.54) is 12.4 Å². The minimum absolute atomic E-state index is 0.286. The number of benzene rings is 2. The molecule has 0 radical (unpaired) electrons. The Balaban J connectivity index is 1.60. The smallest absolute Gasteiger partial charge is 0.248 e. The molecular formula is C20H14ClN5O. The van der Waals surface area contributed by atoms with Crippen LogP contribution in [0.25, 0.3) is 22.7 Å². The van der Waals surface area contributed by atoms with Crippen molar-refractivity contribution in [1.29, 1.82) is 0 Å². The van der Waals surface area contributed by atoms with E-state index in [0.717, 1.165) is 16.5 Å². The molecule has 0 saturated carbocycles. The zero-order valence-corrected chi connectivity index (χ0v) is 14.8. The van der Waals surface area contributed by atoms with Gasteiger partial charge in [-0.1, -0.05) is 35.9 Å². The number of carbonyl (C=O) groups excluding carboxylic acids is 1. The van der Waals surface area contributed by atoms with E-state index in [4.69, 9.17) is 11.6 Å². The Labute approximate surface area is 160 Å². The number of nitrogens with one attached hydrogen (secondary N) is 1.